The number of hydrogen-bond acceptors (Lipinski definition) is 0. The van der Waals surface area contributed by atoms with Crippen molar-refractivity contribution < 1.29 is 0 Å². The first-order valence-electron chi connectivity index (χ1n) is 5.13. The first-order chi connectivity index (χ1) is 5.38. The molecule has 2 rings (SSSR count). The third-order valence-electron chi connectivity index (χ3n) is 3.63. The molecule has 1 heteroatoms. The van der Waals surface area contributed by atoms with Crippen LogP contribution >= 0.6 is 0 Å². The van der Waals surface area contributed by atoms with Crippen LogP contribution in [0.25, 0.3) is 0 Å². The Morgan fingerprint density at radius 1 is 0.818 bits per heavy atom. The molecule has 0 amide bonds. The second-order valence-electron chi connectivity index (χ2n) is 4.30. The van der Waals surface area contributed by atoms with Gasteiger partial charge >= 0.3 is 86.0 Å². The van der Waals surface area contributed by atoms with Crippen LogP contribution in [0, 0.1) is 11.8 Å². The predicted molar refractivity (Wildman–Crippen MR) is 50.2 cm³/mol. The van der Waals surface area contributed by atoms with Crippen molar-refractivity contribution in [2.75, 3.05) is 0 Å². The normalized spacial score (nSPS) is 45.0. The van der Waals surface area contributed by atoms with Crippen LogP contribution in [0.3, 0.4) is 0 Å². The SMILES string of the molecule is [PbH][CH]1CCCC2CCCCC12. The summed E-state index contributed by atoms with van der Waals surface area (Å²) in [6.45, 7) is 0. The van der Waals surface area contributed by atoms with Crippen LogP contribution in [0.2, 0.25) is 3.48 Å². The summed E-state index contributed by atoms with van der Waals surface area (Å²) in [5.74, 6) is 2.37. The van der Waals surface area contributed by atoms with E-state index in [1.54, 1.807) is 44.9 Å². The van der Waals surface area contributed by atoms with Gasteiger partial charge in [0.05, 0.1) is 0 Å². The fourth-order valence-corrected chi connectivity index (χ4v) is 5.87. The third kappa shape index (κ3) is 1.81. The molecule has 62 valence electrons. The van der Waals surface area contributed by atoms with Crippen molar-refractivity contribution >= 4 is 25.8 Å². The Labute approximate surface area is 85.8 Å². The predicted octanol–water partition coefficient (Wildman–Crippen LogP) is 2.67. The first-order valence-corrected chi connectivity index (χ1v) is 7.72. The fourth-order valence-electron chi connectivity index (χ4n) is 2.99. The molecule has 0 saturated heterocycles. The summed E-state index contributed by atoms with van der Waals surface area (Å²) in [5.41, 5.74) is 0. The number of rotatable bonds is 0. The van der Waals surface area contributed by atoms with Gasteiger partial charge in [0.1, 0.15) is 0 Å². The zero-order valence-corrected chi connectivity index (χ0v) is 11.7. The third-order valence-corrected chi connectivity index (χ3v) is 6.85. The van der Waals surface area contributed by atoms with Crippen molar-refractivity contribution in [2.45, 2.75) is 48.4 Å². The molecule has 0 bridgehead atoms. The van der Waals surface area contributed by atoms with Gasteiger partial charge in [-0.05, 0) is 0 Å². The molecule has 0 spiro atoms. The summed E-state index contributed by atoms with van der Waals surface area (Å²) in [6.07, 6.45) is 11.0. The van der Waals surface area contributed by atoms with E-state index in [-0.39, 0.29) is 0 Å². The molecule has 2 aliphatic rings. The van der Waals surface area contributed by atoms with Crippen molar-refractivity contribution in [2.24, 2.45) is 11.8 Å². The van der Waals surface area contributed by atoms with Gasteiger partial charge in [-0.25, -0.2) is 0 Å². The van der Waals surface area contributed by atoms with Gasteiger partial charge in [-0.15, -0.1) is 0 Å². The van der Waals surface area contributed by atoms with E-state index < -0.39 is 0 Å². The van der Waals surface area contributed by atoms with Crippen LogP contribution in [0.1, 0.15) is 44.9 Å². The van der Waals surface area contributed by atoms with Crippen LogP contribution < -0.4 is 0 Å². The van der Waals surface area contributed by atoms with Crippen molar-refractivity contribution in [1.29, 1.82) is 0 Å². The number of hydrogen-bond donors (Lipinski definition) is 0. The minimum absolute atomic E-state index is 1.17. The molecule has 0 aromatic rings. The summed E-state index contributed by atoms with van der Waals surface area (Å²) < 4.78 is 1.22. The van der Waals surface area contributed by atoms with Crippen molar-refractivity contribution in [3.63, 3.8) is 0 Å². The van der Waals surface area contributed by atoms with E-state index in [2.05, 4.69) is 0 Å². The quantitative estimate of drug-likeness (QED) is 0.592. The molecule has 3 unspecified atom stereocenters. The van der Waals surface area contributed by atoms with E-state index in [4.69, 9.17) is 0 Å². The van der Waals surface area contributed by atoms with Crippen LogP contribution in [-0.2, 0) is 0 Å². The molecule has 3 atom stereocenters. The molecule has 0 aliphatic heterocycles. The van der Waals surface area contributed by atoms with E-state index in [0.717, 1.165) is 0 Å². The van der Waals surface area contributed by atoms with E-state index in [1.807, 2.05) is 0 Å². The average Bonchev–Trinajstić information content (AvgIpc) is 2.06. The second-order valence-corrected chi connectivity index (χ2v) is 7.63. The van der Waals surface area contributed by atoms with E-state index in [1.165, 1.54) is 41.1 Å². The second kappa shape index (κ2) is 3.75. The fraction of sp³-hybridized carbons (Fsp3) is 1.00. The van der Waals surface area contributed by atoms with Gasteiger partial charge in [0, 0.05) is 0 Å². The van der Waals surface area contributed by atoms with Gasteiger partial charge in [0.15, 0.2) is 0 Å². The van der Waals surface area contributed by atoms with Crippen molar-refractivity contribution in [3.8, 4) is 0 Å². The van der Waals surface area contributed by atoms with E-state index in [9.17, 15) is 0 Å². The molecule has 2 radical (unpaired) electrons. The van der Waals surface area contributed by atoms with Gasteiger partial charge in [-0.2, -0.15) is 0 Å². The van der Waals surface area contributed by atoms with Crippen LogP contribution in [0.4, 0.5) is 0 Å². The molecular formula is C10H18Pb. The number of fused-ring (bicyclic) bond motifs is 1. The Balaban J connectivity index is 1.99. The van der Waals surface area contributed by atoms with Crippen LogP contribution in [-0.4, -0.2) is 25.8 Å². The zero-order chi connectivity index (χ0) is 7.68. The van der Waals surface area contributed by atoms with Gasteiger partial charge in [0.25, 0.3) is 0 Å². The maximum absolute atomic E-state index is 1.59. The molecule has 2 saturated carbocycles. The summed E-state index contributed by atoms with van der Waals surface area (Å²) in [6, 6.07) is 0. The van der Waals surface area contributed by atoms with Crippen LogP contribution in [0.15, 0.2) is 0 Å². The molecule has 0 aromatic carbocycles. The Morgan fingerprint density at radius 2 is 1.55 bits per heavy atom. The van der Waals surface area contributed by atoms with Gasteiger partial charge in [-0.1, -0.05) is 0 Å². The van der Waals surface area contributed by atoms with Gasteiger partial charge in [0.2, 0.25) is 0 Å². The van der Waals surface area contributed by atoms with Crippen LogP contribution in [0.5, 0.6) is 0 Å². The summed E-state index contributed by atoms with van der Waals surface area (Å²) >= 11 is 1.27. The molecule has 11 heavy (non-hydrogen) atoms. The molecule has 2 fully saturated rings. The zero-order valence-electron chi connectivity index (χ0n) is 7.26. The van der Waals surface area contributed by atoms with E-state index >= 15 is 0 Å². The van der Waals surface area contributed by atoms with Gasteiger partial charge < -0.3 is 0 Å². The topological polar surface area (TPSA) is 0 Å². The first kappa shape index (κ1) is 8.52. The summed E-state index contributed by atoms with van der Waals surface area (Å²) in [5, 5.41) is 0. The Kier molecular flexibility index (Phi) is 2.91. The average molecular weight is 345 g/mol. The molecule has 0 nitrogen and oxygen atoms in total. The Hall–Kier alpha value is 0.922. The molecule has 0 heterocycles. The molecule has 0 aromatic heterocycles. The summed E-state index contributed by atoms with van der Waals surface area (Å²) in [7, 11) is 0. The maximum atomic E-state index is 1.59. The molecule has 0 N–H and O–H groups in total. The van der Waals surface area contributed by atoms with Gasteiger partial charge in [-0.3, -0.25) is 0 Å². The standard InChI is InChI=1S/C10H17.Pb.H/c1-2-6-10-8-4-3-7-9(10)5-1;;/h5,9-10H,1-4,6-8H2;;. The Bertz CT molecular complexity index is 131. The summed E-state index contributed by atoms with van der Waals surface area (Å²) in [4.78, 5) is 0. The van der Waals surface area contributed by atoms with Crippen molar-refractivity contribution in [1.82, 2.24) is 0 Å². The van der Waals surface area contributed by atoms with Crippen molar-refractivity contribution in [3.05, 3.63) is 0 Å². The Morgan fingerprint density at radius 3 is 2.36 bits per heavy atom. The molecular weight excluding hydrogens is 327 g/mol. The van der Waals surface area contributed by atoms with E-state index in [0.29, 0.717) is 0 Å². The minimum atomic E-state index is 1.17. The molecule has 2 aliphatic carbocycles. The monoisotopic (exact) mass is 346 g/mol.